The molecule has 0 N–H and O–H groups in total. The normalized spacial score (nSPS) is 12.1. The molecule has 0 saturated heterocycles. The van der Waals surface area contributed by atoms with Crippen LogP contribution < -0.4 is 0 Å². The molecule has 0 aliphatic carbocycles. The minimum absolute atomic E-state index is 0.0695. The summed E-state index contributed by atoms with van der Waals surface area (Å²) in [5.41, 5.74) is 0. The van der Waals surface area contributed by atoms with Crippen LogP contribution in [0.4, 0.5) is 0 Å². The minimum Gasteiger partial charge on any atom is -0.462 e. The van der Waals surface area contributed by atoms with Gasteiger partial charge in [-0.15, -0.1) is 0 Å². The van der Waals surface area contributed by atoms with E-state index in [1.807, 2.05) is 0 Å². The zero-order valence-corrected chi connectivity index (χ0v) is 53.0. The maximum atomic E-state index is 12.9. The van der Waals surface area contributed by atoms with Gasteiger partial charge < -0.3 is 14.2 Å². The quantitative estimate of drug-likeness (QED) is 0.0261. The Balaban J connectivity index is 4.10. The van der Waals surface area contributed by atoms with Gasteiger partial charge in [0, 0.05) is 19.3 Å². The summed E-state index contributed by atoms with van der Waals surface area (Å²) in [6, 6.07) is 0. The molecule has 0 aliphatic heterocycles. The number of ether oxygens (including phenoxy) is 3. The second-order valence-electron chi connectivity index (χ2n) is 24.2. The zero-order valence-electron chi connectivity index (χ0n) is 53.0. The van der Waals surface area contributed by atoms with Crippen LogP contribution in [0.15, 0.2) is 24.3 Å². The topological polar surface area (TPSA) is 78.9 Å². The maximum Gasteiger partial charge on any atom is 0.306 e. The van der Waals surface area contributed by atoms with Gasteiger partial charge in [-0.25, -0.2) is 0 Å². The van der Waals surface area contributed by atoms with Crippen LogP contribution >= 0.6 is 0 Å². The summed E-state index contributed by atoms with van der Waals surface area (Å²) in [5.74, 6) is -0.855. The molecule has 460 valence electrons. The highest BCUT2D eigenvalue weighted by molar-refractivity contribution is 5.71. The van der Waals surface area contributed by atoms with Gasteiger partial charge in [0.05, 0.1) is 0 Å². The molecule has 0 spiro atoms. The third kappa shape index (κ3) is 64.7. The highest BCUT2D eigenvalue weighted by Gasteiger charge is 2.19. The number of unbranched alkanes of at least 4 members (excludes halogenated alkanes) is 51. The molecule has 1 atom stereocenters. The fourth-order valence-electron chi connectivity index (χ4n) is 10.9. The van der Waals surface area contributed by atoms with E-state index in [-0.39, 0.29) is 31.1 Å². The van der Waals surface area contributed by atoms with Gasteiger partial charge in [0.25, 0.3) is 0 Å². The SMILES string of the molecule is CCC/C=C\C/C=C\CCCCCCCC(=O)OCC(COC(=O)CCCCCCCCCCCCCCCCCCCCCCCCCCCCCCCCC)OC(=O)CCCCCCCCCCCCCCCCCC. The van der Waals surface area contributed by atoms with E-state index in [9.17, 15) is 14.4 Å². The lowest BCUT2D eigenvalue weighted by Gasteiger charge is -2.18. The molecule has 78 heavy (non-hydrogen) atoms. The lowest BCUT2D eigenvalue weighted by molar-refractivity contribution is -0.167. The van der Waals surface area contributed by atoms with Crippen molar-refractivity contribution >= 4 is 17.9 Å². The van der Waals surface area contributed by atoms with Crippen molar-refractivity contribution in [2.45, 2.75) is 406 Å². The predicted octanol–water partition coefficient (Wildman–Crippen LogP) is 24.2. The average molecular weight is 1100 g/mol. The Bertz CT molecular complexity index is 1260. The van der Waals surface area contributed by atoms with Gasteiger partial charge in [0.1, 0.15) is 13.2 Å². The van der Waals surface area contributed by atoms with Crippen LogP contribution in [0.1, 0.15) is 400 Å². The molecular weight excluding hydrogens is 961 g/mol. The van der Waals surface area contributed by atoms with E-state index in [4.69, 9.17) is 14.2 Å². The lowest BCUT2D eigenvalue weighted by Crippen LogP contribution is -2.30. The predicted molar refractivity (Wildman–Crippen MR) is 340 cm³/mol. The van der Waals surface area contributed by atoms with Gasteiger partial charge in [-0.05, 0) is 44.9 Å². The van der Waals surface area contributed by atoms with E-state index >= 15 is 0 Å². The maximum absolute atomic E-state index is 12.9. The van der Waals surface area contributed by atoms with Crippen molar-refractivity contribution in [1.29, 1.82) is 0 Å². The monoisotopic (exact) mass is 1100 g/mol. The molecule has 0 radical (unpaired) electrons. The number of carbonyl (C=O) groups excluding carboxylic acids is 3. The smallest absolute Gasteiger partial charge is 0.306 e. The van der Waals surface area contributed by atoms with Crippen molar-refractivity contribution < 1.29 is 28.6 Å². The largest absolute Gasteiger partial charge is 0.462 e. The van der Waals surface area contributed by atoms with Crippen LogP contribution in [-0.2, 0) is 28.6 Å². The number of hydrogen-bond donors (Lipinski definition) is 0. The van der Waals surface area contributed by atoms with Crippen LogP contribution in [0.25, 0.3) is 0 Å². The van der Waals surface area contributed by atoms with Crippen LogP contribution in [0.5, 0.6) is 0 Å². The van der Waals surface area contributed by atoms with Crippen LogP contribution in [-0.4, -0.2) is 37.2 Å². The van der Waals surface area contributed by atoms with Crippen molar-refractivity contribution in [3.63, 3.8) is 0 Å². The van der Waals surface area contributed by atoms with Gasteiger partial charge >= 0.3 is 17.9 Å². The van der Waals surface area contributed by atoms with Crippen molar-refractivity contribution in [1.82, 2.24) is 0 Å². The standard InChI is InChI=1S/C72H136O6/c1-4-7-10-13-16-19-22-25-27-29-30-31-32-33-34-35-36-37-38-39-40-41-42-43-45-47-50-53-56-59-62-65-71(74)77-68-69(67-76-70(73)64-61-58-55-52-49-46-24-21-18-15-12-9-6-3)78-72(75)66-63-60-57-54-51-48-44-28-26-23-20-17-14-11-8-5-2/h12,15,21,24,69H,4-11,13-14,16-20,22-23,25-68H2,1-3H3/b15-12-,24-21-. The van der Waals surface area contributed by atoms with Gasteiger partial charge in [0.15, 0.2) is 6.10 Å². The molecule has 6 nitrogen and oxygen atoms in total. The molecule has 0 rings (SSSR count). The van der Waals surface area contributed by atoms with E-state index in [0.29, 0.717) is 19.3 Å². The first kappa shape index (κ1) is 75.9. The second-order valence-corrected chi connectivity index (χ2v) is 24.2. The molecule has 0 aromatic carbocycles. The highest BCUT2D eigenvalue weighted by atomic mass is 16.6. The Morgan fingerprint density at radius 2 is 0.487 bits per heavy atom. The Hall–Kier alpha value is -2.11. The van der Waals surface area contributed by atoms with E-state index in [2.05, 4.69) is 45.1 Å². The van der Waals surface area contributed by atoms with Crippen molar-refractivity contribution in [3.05, 3.63) is 24.3 Å². The van der Waals surface area contributed by atoms with Gasteiger partial charge in [-0.3, -0.25) is 14.4 Å². The fraction of sp³-hybridized carbons (Fsp3) is 0.903. The number of rotatable bonds is 66. The van der Waals surface area contributed by atoms with E-state index < -0.39 is 6.10 Å². The molecule has 0 aromatic heterocycles. The molecule has 0 heterocycles. The number of esters is 3. The summed E-state index contributed by atoms with van der Waals surface area (Å²) in [4.78, 5) is 38.3. The molecule has 0 fully saturated rings. The van der Waals surface area contributed by atoms with Crippen molar-refractivity contribution in [2.24, 2.45) is 0 Å². The van der Waals surface area contributed by atoms with Gasteiger partial charge in [-0.1, -0.05) is 360 Å². The zero-order chi connectivity index (χ0) is 56.4. The van der Waals surface area contributed by atoms with Gasteiger partial charge in [-0.2, -0.15) is 0 Å². The van der Waals surface area contributed by atoms with E-state index in [1.165, 1.54) is 276 Å². The van der Waals surface area contributed by atoms with Crippen molar-refractivity contribution in [2.75, 3.05) is 13.2 Å². The first-order chi connectivity index (χ1) is 38.5. The molecule has 0 aromatic rings. The first-order valence-electron chi connectivity index (χ1n) is 35.3. The summed E-state index contributed by atoms with van der Waals surface area (Å²) in [6.45, 7) is 6.64. The Labute approximate surface area is 487 Å². The second kappa shape index (κ2) is 67.4. The van der Waals surface area contributed by atoms with Crippen LogP contribution in [0, 0.1) is 0 Å². The van der Waals surface area contributed by atoms with Crippen LogP contribution in [0.2, 0.25) is 0 Å². The average Bonchev–Trinajstić information content (AvgIpc) is 3.44. The first-order valence-corrected chi connectivity index (χ1v) is 35.3. The summed E-state index contributed by atoms with van der Waals surface area (Å²) < 4.78 is 17.0. The summed E-state index contributed by atoms with van der Waals surface area (Å²) >= 11 is 0. The molecular formula is C72H136O6. The Morgan fingerprint density at radius 1 is 0.256 bits per heavy atom. The molecule has 0 saturated carbocycles. The van der Waals surface area contributed by atoms with E-state index in [1.54, 1.807) is 0 Å². The molecule has 0 amide bonds. The summed E-state index contributed by atoms with van der Waals surface area (Å²) in [7, 11) is 0. The number of carbonyl (C=O) groups is 3. The third-order valence-electron chi connectivity index (χ3n) is 16.2. The fourth-order valence-corrected chi connectivity index (χ4v) is 10.9. The molecule has 6 heteroatoms. The summed E-state index contributed by atoms with van der Waals surface area (Å²) in [5, 5.41) is 0. The number of hydrogen-bond acceptors (Lipinski definition) is 6. The molecule has 0 bridgehead atoms. The number of allylic oxidation sites excluding steroid dienone is 4. The third-order valence-corrected chi connectivity index (χ3v) is 16.2. The highest BCUT2D eigenvalue weighted by Crippen LogP contribution is 2.19. The van der Waals surface area contributed by atoms with Gasteiger partial charge in [0.2, 0.25) is 0 Å². The Kier molecular flexibility index (Phi) is 65.6. The molecule has 0 aliphatic rings. The lowest BCUT2D eigenvalue weighted by atomic mass is 10.0. The van der Waals surface area contributed by atoms with Crippen molar-refractivity contribution in [3.8, 4) is 0 Å². The molecule has 1 unspecified atom stereocenters. The van der Waals surface area contributed by atoms with Crippen LogP contribution in [0.3, 0.4) is 0 Å². The summed E-state index contributed by atoms with van der Waals surface area (Å²) in [6.07, 6.45) is 82.3. The Morgan fingerprint density at radius 3 is 0.756 bits per heavy atom. The van der Waals surface area contributed by atoms with E-state index in [0.717, 1.165) is 83.5 Å². The minimum atomic E-state index is -0.773.